The number of rotatable bonds is 8. The molecule has 2 aromatic carbocycles. The molecule has 0 saturated carbocycles. The van der Waals surface area contributed by atoms with Gasteiger partial charge in [-0.3, -0.25) is 24.1 Å². The molecular weight excluding hydrogens is 601 g/mol. The zero-order valence-electron chi connectivity index (χ0n) is 21.9. The number of hydrogen-bond acceptors (Lipinski definition) is 7. The van der Waals surface area contributed by atoms with Crippen LogP contribution < -0.4 is 0 Å². The summed E-state index contributed by atoms with van der Waals surface area (Å²) in [4.78, 5) is 29.3. The maximum absolute atomic E-state index is 13.5. The van der Waals surface area contributed by atoms with E-state index in [0.717, 1.165) is 37.2 Å². The number of sulfone groups is 1. The molecule has 0 N–H and O–H groups in total. The van der Waals surface area contributed by atoms with Gasteiger partial charge in [0.05, 0.1) is 34.5 Å². The van der Waals surface area contributed by atoms with Crippen molar-refractivity contribution < 1.29 is 31.2 Å². The number of carbonyl (C=O) groups is 2. The maximum Gasteiger partial charge on any atom is 0.416 e. The highest BCUT2D eigenvalue weighted by Crippen LogP contribution is 2.36. The molecule has 2 aliphatic heterocycles. The average Bonchev–Trinajstić information content (AvgIpc) is 3.57. The predicted octanol–water partition coefficient (Wildman–Crippen LogP) is 5.30. The van der Waals surface area contributed by atoms with Gasteiger partial charge >= 0.3 is 6.18 Å². The van der Waals surface area contributed by atoms with E-state index in [1.165, 1.54) is 34.2 Å². The first-order valence-electron chi connectivity index (χ1n) is 12.8. The number of alkyl halides is 3. The Hall–Kier alpha value is -2.87. The molecule has 2 fully saturated rings. The van der Waals surface area contributed by atoms with Crippen molar-refractivity contribution in [3.8, 4) is 0 Å². The lowest BCUT2D eigenvalue weighted by Crippen LogP contribution is -2.43. The normalized spacial score (nSPS) is 19.8. The summed E-state index contributed by atoms with van der Waals surface area (Å²) in [5.41, 5.74) is 0.452. The van der Waals surface area contributed by atoms with Gasteiger partial charge in [0.15, 0.2) is 0 Å². The number of benzene rings is 2. The Bertz CT molecular complexity index is 1660. The van der Waals surface area contributed by atoms with E-state index >= 15 is 0 Å². The van der Waals surface area contributed by atoms with Crippen LogP contribution in [0.15, 0.2) is 47.5 Å². The third-order valence-electron chi connectivity index (χ3n) is 7.18. The summed E-state index contributed by atoms with van der Waals surface area (Å²) in [7, 11) is -3.13. The van der Waals surface area contributed by atoms with Crippen LogP contribution >= 0.6 is 23.4 Å². The van der Waals surface area contributed by atoms with Gasteiger partial charge in [0.2, 0.25) is 0 Å². The van der Waals surface area contributed by atoms with Crippen LogP contribution in [0.1, 0.15) is 29.5 Å². The van der Waals surface area contributed by atoms with E-state index in [1.54, 1.807) is 24.3 Å². The monoisotopic (exact) mass is 626 g/mol. The lowest BCUT2D eigenvalue weighted by molar-refractivity contribution is -0.138. The zero-order valence-corrected chi connectivity index (χ0v) is 24.3. The predicted molar refractivity (Wildman–Crippen MR) is 152 cm³/mol. The van der Waals surface area contributed by atoms with E-state index in [9.17, 15) is 31.2 Å². The third kappa shape index (κ3) is 6.79. The van der Waals surface area contributed by atoms with Gasteiger partial charge in [-0.2, -0.15) is 18.3 Å². The van der Waals surface area contributed by atoms with Crippen molar-refractivity contribution in [2.24, 2.45) is 0 Å². The van der Waals surface area contributed by atoms with Gasteiger partial charge in [-0.25, -0.2) is 8.42 Å². The quantitative estimate of drug-likeness (QED) is 0.313. The highest BCUT2D eigenvalue weighted by Gasteiger charge is 2.38. The molecule has 5 rings (SSSR count). The molecule has 3 aromatic rings. The molecule has 3 heterocycles. The van der Waals surface area contributed by atoms with Crippen LogP contribution in [0.5, 0.6) is 0 Å². The lowest BCUT2D eigenvalue weighted by Gasteiger charge is -2.26. The van der Waals surface area contributed by atoms with Crippen LogP contribution in [0.3, 0.4) is 0 Å². The number of hydrogen-bond donors (Lipinski definition) is 0. The number of aromatic nitrogens is 2. The fraction of sp³-hybridized carbons (Fsp3) is 0.370. The second-order valence-electron chi connectivity index (χ2n) is 10.2. The van der Waals surface area contributed by atoms with Crippen molar-refractivity contribution in [3.05, 3.63) is 69.2 Å². The van der Waals surface area contributed by atoms with Gasteiger partial charge in [-0.15, -0.1) is 0 Å². The number of fused-ring (bicyclic) bond motifs is 1. The van der Waals surface area contributed by atoms with Crippen molar-refractivity contribution in [2.45, 2.75) is 31.6 Å². The van der Waals surface area contributed by atoms with Crippen molar-refractivity contribution in [1.29, 1.82) is 0 Å². The number of nitrogens with zero attached hydrogens (tertiary/aromatic N) is 4. The number of amides is 2. The molecule has 0 spiro atoms. The minimum Gasteiger partial charge on any atom is -0.298 e. The molecule has 0 bridgehead atoms. The molecule has 0 radical (unpaired) electrons. The first-order chi connectivity index (χ1) is 19.3. The van der Waals surface area contributed by atoms with E-state index in [-0.39, 0.29) is 45.6 Å². The minimum atomic E-state index is -4.56. The highest BCUT2D eigenvalue weighted by atomic mass is 35.5. The van der Waals surface area contributed by atoms with Crippen LogP contribution in [0.25, 0.3) is 17.0 Å². The lowest BCUT2D eigenvalue weighted by atomic mass is 10.1. The summed E-state index contributed by atoms with van der Waals surface area (Å²) in [6.07, 6.45) is 1.40. The number of likely N-dealkylation sites (tertiary alicyclic amines) is 1. The number of thioether (sulfide) groups is 1. The minimum absolute atomic E-state index is 0.00651. The summed E-state index contributed by atoms with van der Waals surface area (Å²) < 4.78 is 65.2. The Kier molecular flexibility index (Phi) is 8.25. The standard InChI is InChI=1S/C27H26ClF3N4O4S2/c1-41(38,39)10-9-33-8-2-3-21(33)16-34-25(36)24(40-26(34)37)12-17-4-7-23-19(11-17)14-32-35(23)15-18-5-6-20(28)13-22(18)27(29,30)31/h4-7,11-14,21H,2-3,8-10,15-16H2,1H3/t21-/m0/s1. The topological polar surface area (TPSA) is 92.6 Å². The Morgan fingerprint density at radius 3 is 2.68 bits per heavy atom. The van der Waals surface area contributed by atoms with Crippen molar-refractivity contribution in [3.63, 3.8) is 0 Å². The number of carbonyl (C=O) groups excluding carboxylic acids is 2. The summed E-state index contributed by atoms with van der Waals surface area (Å²) >= 11 is 6.63. The van der Waals surface area contributed by atoms with Crippen LogP contribution in [-0.2, 0) is 27.4 Å². The van der Waals surface area contributed by atoms with Crippen molar-refractivity contribution in [1.82, 2.24) is 19.6 Å². The second-order valence-corrected chi connectivity index (χ2v) is 13.9. The SMILES string of the molecule is CS(=O)(=O)CCN1CCC[C@H]1CN1C(=O)SC(=Cc2ccc3c(cnn3Cc3ccc(Cl)cc3C(F)(F)F)c2)C1=O. The van der Waals surface area contributed by atoms with Gasteiger partial charge in [0, 0.05) is 35.8 Å². The number of halogens is 4. The van der Waals surface area contributed by atoms with Crippen LogP contribution in [0.2, 0.25) is 5.02 Å². The Morgan fingerprint density at radius 1 is 1.17 bits per heavy atom. The zero-order chi connectivity index (χ0) is 29.5. The molecule has 8 nitrogen and oxygen atoms in total. The Balaban J connectivity index is 1.31. The average molecular weight is 627 g/mol. The van der Waals surface area contributed by atoms with Gasteiger partial charge in [-0.1, -0.05) is 23.7 Å². The molecular formula is C27H26ClF3N4O4S2. The molecule has 2 aliphatic rings. The first kappa shape index (κ1) is 29.6. The molecule has 2 amide bonds. The molecule has 1 atom stereocenters. The summed E-state index contributed by atoms with van der Waals surface area (Å²) in [5, 5.41) is 4.53. The molecule has 1 aromatic heterocycles. The number of imide groups is 1. The van der Waals surface area contributed by atoms with Crippen molar-refractivity contribution in [2.75, 3.05) is 31.6 Å². The Labute approximate surface area is 244 Å². The fourth-order valence-corrected chi connectivity index (χ4v) is 6.72. The molecule has 0 unspecified atom stereocenters. The molecule has 14 heteroatoms. The van der Waals surface area contributed by atoms with E-state index < -0.39 is 27.5 Å². The van der Waals surface area contributed by atoms with Crippen LogP contribution in [-0.4, -0.2) is 76.8 Å². The van der Waals surface area contributed by atoms with Gasteiger partial charge in [0.25, 0.3) is 11.1 Å². The Morgan fingerprint density at radius 2 is 1.95 bits per heavy atom. The maximum atomic E-state index is 13.5. The van der Waals surface area contributed by atoms with E-state index in [1.807, 2.05) is 4.90 Å². The van der Waals surface area contributed by atoms with Crippen LogP contribution in [0, 0.1) is 0 Å². The second kappa shape index (κ2) is 11.4. The van der Waals surface area contributed by atoms with Gasteiger partial charge < -0.3 is 0 Å². The smallest absolute Gasteiger partial charge is 0.298 e. The molecule has 218 valence electrons. The molecule has 0 aliphatic carbocycles. The first-order valence-corrected chi connectivity index (χ1v) is 16.0. The largest absolute Gasteiger partial charge is 0.416 e. The molecule has 2 saturated heterocycles. The van der Waals surface area contributed by atoms with E-state index in [0.29, 0.717) is 23.0 Å². The van der Waals surface area contributed by atoms with E-state index in [2.05, 4.69) is 5.10 Å². The highest BCUT2D eigenvalue weighted by molar-refractivity contribution is 8.18. The fourth-order valence-electron chi connectivity index (χ4n) is 5.13. The summed E-state index contributed by atoms with van der Waals surface area (Å²) in [6.45, 7) is 1.16. The van der Waals surface area contributed by atoms with Crippen molar-refractivity contribution >= 4 is 61.3 Å². The van der Waals surface area contributed by atoms with E-state index in [4.69, 9.17) is 11.6 Å². The van der Waals surface area contributed by atoms with Gasteiger partial charge in [-0.05, 0) is 72.6 Å². The van der Waals surface area contributed by atoms with Gasteiger partial charge in [0.1, 0.15) is 9.84 Å². The van der Waals surface area contributed by atoms with Crippen LogP contribution in [0.4, 0.5) is 18.0 Å². The molecule has 41 heavy (non-hydrogen) atoms. The summed E-state index contributed by atoms with van der Waals surface area (Å²) in [6, 6.07) is 8.72. The summed E-state index contributed by atoms with van der Waals surface area (Å²) in [5.74, 6) is -0.388. The third-order valence-corrected chi connectivity index (χ3v) is 9.24.